The number of hydrogen-bond acceptors (Lipinski definition) is 7. The van der Waals surface area contributed by atoms with E-state index in [1.165, 1.54) is 16.6 Å². The molecular formula is C24H27ClN4O4S. The predicted octanol–water partition coefficient (Wildman–Crippen LogP) is 4.80. The van der Waals surface area contributed by atoms with E-state index in [0.717, 1.165) is 11.1 Å². The van der Waals surface area contributed by atoms with E-state index in [1.54, 1.807) is 45.4 Å². The van der Waals surface area contributed by atoms with Crippen LogP contribution in [0.3, 0.4) is 0 Å². The zero-order valence-electron chi connectivity index (χ0n) is 19.2. The average Bonchev–Trinajstić information content (AvgIpc) is 2.85. The van der Waals surface area contributed by atoms with Crippen LogP contribution in [-0.2, 0) is 16.6 Å². The van der Waals surface area contributed by atoms with Crippen molar-refractivity contribution in [2.45, 2.75) is 25.3 Å². The lowest BCUT2D eigenvalue weighted by Crippen LogP contribution is -2.30. The Kier molecular flexibility index (Phi) is 8.86. The number of hydrazone groups is 1. The third-order valence-electron chi connectivity index (χ3n) is 4.97. The predicted molar refractivity (Wildman–Crippen MR) is 134 cm³/mol. The van der Waals surface area contributed by atoms with Gasteiger partial charge in [-0.05, 0) is 53.6 Å². The number of pyridine rings is 1. The Labute approximate surface area is 205 Å². The largest absolute Gasteiger partial charge is 0.493 e. The Morgan fingerprint density at radius 1 is 1.06 bits per heavy atom. The fourth-order valence-electron chi connectivity index (χ4n) is 3.11. The molecule has 1 aromatic heterocycles. The summed E-state index contributed by atoms with van der Waals surface area (Å²) < 4.78 is 37.8. The van der Waals surface area contributed by atoms with Gasteiger partial charge >= 0.3 is 0 Å². The number of halogens is 1. The minimum absolute atomic E-state index is 0.143. The summed E-state index contributed by atoms with van der Waals surface area (Å²) in [4.78, 5) is 4.29. The van der Waals surface area contributed by atoms with Gasteiger partial charge < -0.3 is 9.47 Å². The van der Waals surface area contributed by atoms with Crippen LogP contribution in [-0.4, -0.2) is 44.1 Å². The summed E-state index contributed by atoms with van der Waals surface area (Å²) >= 11 is 5.91. The number of methoxy groups -OCH3 is 1. The highest BCUT2D eigenvalue weighted by molar-refractivity contribution is 7.89. The van der Waals surface area contributed by atoms with Crippen LogP contribution in [0.25, 0.3) is 0 Å². The molecule has 0 unspecified atom stereocenters. The maximum absolute atomic E-state index is 12.5. The van der Waals surface area contributed by atoms with Crippen molar-refractivity contribution in [1.29, 1.82) is 0 Å². The quantitative estimate of drug-likeness (QED) is 0.299. The third kappa shape index (κ3) is 6.47. The van der Waals surface area contributed by atoms with Crippen LogP contribution in [0.5, 0.6) is 11.5 Å². The van der Waals surface area contributed by atoms with Crippen molar-refractivity contribution in [1.82, 2.24) is 9.29 Å². The van der Waals surface area contributed by atoms with Crippen molar-refractivity contribution in [3.8, 4) is 11.5 Å². The van der Waals surface area contributed by atoms with Crippen molar-refractivity contribution >= 4 is 33.7 Å². The van der Waals surface area contributed by atoms with Gasteiger partial charge in [0.1, 0.15) is 17.3 Å². The van der Waals surface area contributed by atoms with Crippen LogP contribution in [0.4, 0.5) is 5.82 Å². The Bertz CT molecular complexity index is 1210. The van der Waals surface area contributed by atoms with Crippen molar-refractivity contribution in [3.63, 3.8) is 0 Å². The molecular weight excluding hydrogens is 476 g/mol. The van der Waals surface area contributed by atoms with Gasteiger partial charge in [-0.25, -0.2) is 13.4 Å². The number of nitrogens with zero attached hydrogens (tertiary/aromatic N) is 3. The molecule has 0 spiro atoms. The zero-order valence-corrected chi connectivity index (χ0v) is 20.8. The molecule has 1 N–H and O–H groups in total. The molecule has 3 aromatic rings. The van der Waals surface area contributed by atoms with Crippen molar-refractivity contribution in [2.24, 2.45) is 5.10 Å². The van der Waals surface area contributed by atoms with Gasteiger partial charge in [-0.15, -0.1) is 0 Å². The molecule has 0 aliphatic heterocycles. The van der Waals surface area contributed by atoms with Crippen LogP contribution in [0.15, 0.2) is 70.8 Å². The van der Waals surface area contributed by atoms with E-state index in [-0.39, 0.29) is 4.90 Å². The highest BCUT2D eigenvalue weighted by Crippen LogP contribution is 2.28. The second-order valence-corrected chi connectivity index (χ2v) is 9.54. The summed E-state index contributed by atoms with van der Waals surface area (Å²) in [5, 5.41) is 4.85. The second kappa shape index (κ2) is 11.8. The molecule has 0 aliphatic rings. The van der Waals surface area contributed by atoms with Gasteiger partial charge in [-0.1, -0.05) is 37.6 Å². The molecule has 0 radical (unpaired) electrons. The molecule has 10 heteroatoms. The summed E-state index contributed by atoms with van der Waals surface area (Å²) in [5.74, 6) is 1.60. The molecule has 1 heterocycles. The Balaban J connectivity index is 1.62. The van der Waals surface area contributed by atoms with E-state index in [9.17, 15) is 8.42 Å². The summed E-state index contributed by atoms with van der Waals surface area (Å²) in [5.41, 5.74) is 4.57. The molecule has 0 bridgehead atoms. The SMILES string of the molecule is CCN(CC)S(=O)(=O)c1ccc(N/N=C/c2ccc(OCc3ccc(Cl)cc3)c(OC)c2)nc1. The lowest BCUT2D eigenvalue weighted by atomic mass is 10.2. The van der Waals surface area contributed by atoms with Gasteiger partial charge in [0, 0.05) is 24.3 Å². The minimum atomic E-state index is -3.54. The zero-order chi connectivity index (χ0) is 24.6. The van der Waals surface area contributed by atoms with E-state index < -0.39 is 10.0 Å². The van der Waals surface area contributed by atoms with E-state index in [2.05, 4.69) is 15.5 Å². The van der Waals surface area contributed by atoms with Crippen LogP contribution in [0, 0.1) is 0 Å². The fraction of sp³-hybridized carbons (Fsp3) is 0.250. The molecule has 180 valence electrons. The number of benzene rings is 2. The van der Waals surface area contributed by atoms with Crippen LogP contribution in [0.1, 0.15) is 25.0 Å². The molecule has 0 aliphatic carbocycles. The monoisotopic (exact) mass is 502 g/mol. The topological polar surface area (TPSA) is 93.1 Å². The number of hydrogen-bond donors (Lipinski definition) is 1. The maximum atomic E-state index is 12.5. The first-order valence-corrected chi connectivity index (χ1v) is 12.5. The van der Waals surface area contributed by atoms with Crippen molar-refractivity contribution in [3.05, 3.63) is 76.9 Å². The molecule has 0 atom stereocenters. The summed E-state index contributed by atoms with van der Waals surface area (Å²) in [6, 6.07) is 16.0. The van der Waals surface area contributed by atoms with Crippen molar-refractivity contribution < 1.29 is 17.9 Å². The van der Waals surface area contributed by atoms with Crippen molar-refractivity contribution in [2.75, 3.05) is 25.6 Å². The Morgan fingerprint density at radius 2 is 1.79 bits per heavy atom. The maximum Gasteiger partial charge on any atom is 0.244 e. The lowest BCUT2D eigenvalue weighted by Gasteiger charge is -2.18. The Morgan fingerprint density at radius 3 is 2.41 bits per heavy atom. The highest BCUT2D eigenvalue weighted by atomic mass is 35.5. The molecule has 0 fully saturated rings. The Hall–Kier alpha value is -3.14. The smallest absolute Gasteiger partial charge is 0.244 e. The number of aromatic nitrogens is 1. The molecule has 2 aromatic carbocycles. The molecule has 8 nitrogen and oxygen atoms in total. The first-order valence-electron chi connectivity index (χ1n) is 10.7. The number of sulfonamides is 1. The number of nitrogens with one attached hydrogen (secondary N) is 1. The first-order chi connectivity index (χ1) is 16.4. The number of anilines is 1. The molecule has 0 saturated heterocycles. The van der Waals surface area contributed by atoms with Gasteiger partial charge in [0.15, 0.2) is 11.5 Å². The second-order valence-electron chi connectivity index (χ2n) is 7.16. The van der Waals surface area contributed by atoms with Crippen LogP contribution >= 0.6 is 11.6 Å². The van der Waals surface area contributed by atoms with Gasteiger partial charge in [0.25, 0.3) is 0 Å². The van der Waals surface area contributed by atoms with Gasteiger partial charge in [-0.3, -0.25) is 5.43 Å². The van der Waals surface area contributed by atoms with Crippen LogP contribution < -0.4 is 14.9 Å². The van der Waals surface area contributed by atoms with E-state index >= 15 is 0 Å². The fourth-order valence-corrected chi connectivity index (χ4v) is 4.64. The molecule has 0 amide bonds. The molecule has 34 heavy (non-hydrogen) atoms. The lowest BCUT2D eigenvalue weighted by molar-refractivity contribution is 0.284. The minimum Gasteiger partial charge on any atom is -0.493 e. The van der Waals surface area contributed by atoms with Crippen LogP contribution in [0.2, 0.25) is 5.02 Å². The third-order valence-corrected chi connectivity index (χ3v) is 7.25. The van der Waals surface area contributed by atoms with E-state index in [1.807, 2.05) is 30.3 Å². The van der Waals surface area contributed by atoms with Gasteiger partial charge in [-0.2, -0.15) is 9.41 Å². The van der Waals surface area contributed by atoms with Gasteiger partial charge in [0.05, 0.1) is 13.3 Å². The van der Waals surface area contributed by atoms with Gasteiger partial charge in [0.2, 0.25) is 10.0 Å². The summed E-state index contributed by atoms with van der Waals surface area (Å²) in [6.45, 7) is 4.78. The number of ether oxygens (including phenoxy) is 2. The summed E-state index contributed by atoms with van der Waals surface area (Å²) in [7, 11) is -1.97. The number of rotatable bonds is 11. The standard InChI is InChI=1S/C24H27ClN4O4S/c1-4-29(5-2)34(30,31)21-11-13-24(26-16-21)28-27-15-19-8-12-22(23(14-19)32-3)33-17-18-6-9-20(25)10-7-18/h6-16H,4-5,17H2,1-3H3,(H,26,28)/b27-15+. The van der Waals surface area contributed by atoms with E-state index in [0.29, 0.717) is 42.0 Å². The summed E-state index contributed by atoms with van der Waals surface area (Å²) in [6.07, 6.45) is 2.93. The first kappa shape index (κ1) is 25.5. The van der Waals surface area contributed by atoms with E-state index in [4.69, 9.17) is 21.1 Å². The highest BCUT2D eigenvalue weighted by Gasteiger charge is 2.21. The average molecular weight is 503 g/mol. The molecule has 3 rings (SSSR count). The molecule has 0 saturated carbocycles. The normalized spacial score (nSPS) is 11.7.